The number of hydrogen-bond donors (Lipinski definition) is 0. The Balaban J connectivity index is 2.96. The molecule has 0 saturated carbocycles. The van der Waals surface area contributed by atoms with Gasteiger partial charge in [0.15, 0.2) is 0 Å². The molecule has 0 aromatic heterocycles. The van der Waals surface area contributed by atoms with Crippen LogP contribution in [-0.4, -0.2) is 37.5 Å². The number of ether oxygens (including phenoxy) is 2. The quantitative estimate of drug-likeness (QED) is 0.425. The highest BCUT2D eigenvalue weighted by molar-refractivity contribution is 5.97. The fourth-order valence-corrected chi connectivity index (χ4v) is 1.33. The smallest absolute Gasteiger partial charge is 0.349 e. The Morgan fingerprint density at radius 1 is 1.58 bits per heavy atom. The number of esters is 2. The van der Waals surface area contributed by atoms with Crippen molar-refractivity contribution in [2.75, 3.05) is 20.7 Å². The molecule has 0 spiro atoms. The van der Waals surface area contributed by atoms with E-state index in [-0.39, 0.29) is 17.9 Å². The van der Waals surface area contributed by atoms with Crippen LogP contribution in [0.4, 0.5) is 0 Å². The zero-order valence-corrected chi connectivity index (χ0v) is 11.0. The maximum atomic E-state index is 11.5. The largest absolute Gasteiger partial charge is 0.462 e. The highest BCUT2D eigenvalue weighted by Gasteiger charge is 2.21. The lowest BCUT2D eigenvalue weighted by Gasteiger charge is -2.03. The molecule has 0 radical (unpaired) electrons. The maximum absolute atomic E-state index is 11.5. The minimum Gasteiger partial charge on any atom is -0.462 e. The van der Waals surface area contributed by atoms with Crippen LogP contribution < -0.4 is 0 Å². The summed E-state index contributed by atoms with van der Waals surface area (Å²) >= 11 is 0. The van der Waals surface area contributed by atoms with E-state index in [0.29, 0.717) is 5.57 Å². The Morgan fingerprint density at radius 3 is 2.79 bits per heavy atom. The summed E-state index contributed by atoms with van der Waals surface area (Å²) in [5.41, 5.74) is 0.129. The Bertz CT molecular complexity index is 521. The van der Waals surface area contributed by atoms with E-state index < -0.39 is 11.9 Å². The molecule has 0 unspecified atom stereocenters. The summed E-state index contributed by atoms with van der Waals surface area (Å²) in [5.74, 6) is -1.13. The standard InChI is InChI=1S/C13H14N2O4/c1-4-18-12(16)9(7-14)5-11-6-10(8-15(2)3)13(17)19-11/h5-6,8H,4H2,1-3H3. The third-order valence-electron chi connectivity index (χ3n) is 2.04. The predicted octanol–water partition coefficient (Wildman–Crippen LogP) is 0.886. The van der Waals surface area contributed by atoms with E-state index in [4.69, 9.17) is 14.7 Å². The molecule has 0 fully saturated rings. The van der Waals surface area contributed by atoms with Gasteiger partial charge in [-0.25, -0.2) is 9.59 Å². The molecule has 1 heterocycles. The van der Waals surface area contributed by atoms with Gasteiger partial charge in [0.05, 0.1) is 12.2 Å². The second kappa shape index (κ2) is 6.40. The second-order valence-electron chi connectivity index (χ2n) is 3.87. The van der Waals surface area contributed by atoms with Gasteiger partial charge in [0.1, 0.15) is 17.4 Å². The van der Waals surface area contributed by atoms with Crippen LogP contribution in [0.3, 0.4) is 0 Å². The number of hydrogen-bond acceptors (Lipinski definition) is 6. The van der Waals surface area contributed by atoms with Gasteiger partial charge in [0.2, 0.25) is 0 Å². The lowest BCUT2D eigenvalue weighted by molar-refractivity contribution is -0.138. The first kappa shape index (κ1) is 14.5. The van der Waals surface area contributed by atoms with Crippen molar-refractivity contribution in [3.05, 3.63) is 35.3 Å². The SMILES string of the molecule is CCOC(=O)C(C#N)=CC1=CC(=CN(C)C)C(=O)O1. The molecule has 0 bridgehead atoms. The Kier molecular flexibility index (Phi) is 4.89. The average molecular weight is 262 g/mol. The number of carbonyl (C=O) groups is 2. The lowest BCUT2D eigenvalue weighted by Crippen LogP contribution is -2.07. The third-order valence-corrected chi connectivity index (χ3v) is 2.04. The molecule has 100 valence electrons. The van der Waals surface area contributed by atoms with Gasteiger partial charge in [-0.05, 0) is 13.0 Å². The monoisotopic (exact) mass is 262 g/mol. The van der Waals surface area contributed by atoms with Gasteiger partial charge < -0.3 is 14.4 Å². The van der Waals surface area contributed by atoms with E-state index in [0.717, 1.165) is 0 Å². The average Bonchev–Trinajstić information content (AvgIpc) is 2.66. The zero-order chi connectivity index (χ0) is 14.4. The molecule has 19 heavy (non-hydrogen) atoms. The summed E-state index contributed by atoms with van der Waals surface area (Å²) in [7, 11) is 3.53. The van der Waals surface area contributed by atoms with Gasteiger partial charge in [-0.3, -0.25) is 0 Å². The van der Waals surface area contributed by atoms with E-state index in [1.807, 2.05) is 0 Å². The van der Waals surface area contributed by atoms with Crippen molar-refractivity contribution in [2.24, 2.45) is 0 Å². The van der Waals surface area contributed by atoms with E-state index >= 15 is 0 Å². The summed E-state index contributed by atoms with van der Waals surface area (Å²) < 4.78 is 9.63. The van der Waals surface area contributed by atoms with Gasteiger partial charge in [0, 0.05) is 26.4 Å². The minimum absolute atomic E-state index is 0.141. The van der Waals surface area contributed by atoms with E-state index in [9.17, 15) is 9.59 Å². The van der Waals surface area contributed by atoms with Gasteiger partial charge >= 0.3 is 11.9 Å². The first-order valence-corrected chi connectivity index (χ1v) is 5.59. The molecule has 1 aliphatic heterocycles. The molecule has 0 aromatic carbocycles. The number of allylic oxidation sites excluding steroid dienone is 1. The van der Waals surface area contributed by atoms with E-state index in [1.165, 1.54) is 12.2 Å². The van der Waals surface area contributed by atoms with E-state index in [1.54, 1.807) is 38.2 Å². The number of nitrogens with zero attached hydrogens (tertiary/aromatic N) is 2. The van der Waals surface area contributed by atoms with E-state index in [2.05, 4.69) is 0 Å². The van der Waals surface area contributed by atoms with Crippen molar-refractivity contribution in [1.82, 2.24) is 4.90 Å². The van der Waals surface area contributed by atoms with Crippen LogP contribution in [-0.2, 0) is 19.1 Å². The highest BCUT2D eigenvalue weighted by atomic mass is 16.5. The summed E-state index contributed by atoms with van der Waals surface area (Å²) in [6.45, 7) is 1.81. The lowest BCUT2D eigenvalue weighted by atomic mass is 10.2. The van der Waals surface area contributed by atoms with Crippen molar-refractivity contribution in [2.45, 2.75) is 6.92 Å². The van der Waals surface area contributed by atoms with Gasteiger partial charge in [-0.1, -0.05) is 0 Å². The first-order chi connectivity index (χ1) is 8.97. The van der Waals surface area contributed by atoms with Crippen LogP contribution in [0.15, 0.2) is 35.3 Å². The molecule has 0 aromatic rings. The number of nitriles is 1. The van der Waals surface area contributed by atoms with Crippen LogP contribution in [0, 0.1) is 11.3 Å². The molecular formula is C13H14N2O4. The van der Waals surface area contributed by atoms with Gasteiger partial charge in [-0.15, -0.1) is 0 Å². The van der Waals surface area contributed by atoms with Crippen LogP contribution in [0.25, 0.3) is 0 Å². The topological polar surface area (TPSA) is 79.6 Å². The molecule has 0 amide bonds. The zero-order valence-electron chi connectivity index (χ0n) is 11.0. The number of cyclic esters (lactones) is 1. The van der Waals surface area contributed by atoms with Gasteiger partial charge in [0.25, 0.3) is 0 Å². The molecule has 1 aliphatic rings. The van der Waals surface area contributed by atoms with Crippen molar-refractivity contribution < 1.29 is 19.1 Å². The first-order valence-electron chi connectivity index (χ1n) is 5.59. The molecule has 0 N–H and O–H groups in total. The highest BCUT2D eigenvalue weighted by Crippen LogP contribution is 2.19. The summed E-state index contributed by atoms with van der Waals surface area (Å²) in [5, 5.41) is 8.85. The van der Waals surface area contributed by atoms with Crippen LogP contribution in [0.1, 0.15) is 6.92 Å². The molecule has 0 saturated heterocycles. The summed E-state index contributed by atoms with van der Waals surface area (Å²) in [6.07, 6.45) is 4.23. The number of rotatable bonds is 4. The van der Waals surface area contributed by atoms with Crippen LogP contribution in [0.5, 0.6) is 0 Å². The summed E-state index contributed by atoms with van der Waals surface area (Å²) in [4.78, 5) is 24.6. The number of carbonyl (C=O) groups excluding carboxylic acids is 2. The molecule has 1 rings (SSSR count). The van der Waals surface area contributed by atoms with Crippen molar-refractivity contribution >= 4 is 11.9 Å². The van der Waals surface area contributed by atoms with Gasteiger partial charge in [-0.2, -0.15) is 5.26 Å². The fourth-order valence-electron chi connectivity index (χ4n) is 1.33. The third kappa shape index (κ3) is 4.00. The van der Waals surface area contributed by atoms with Crippen molar-refractivity contribution in [3.63, 3.8) is 0 Å². The predicted molar refractivity (Wildman–Crippen MR) is 66.3 cm³/mol. The fraction of sp³-hybridized carbons (Fsp3) is 0.308. The molecule has 6 heteroatoms. The Morgan fingerprint density at radius 2 is 2.26 bits per heavy atom. The minimum atomic E-state index is -0.744. The van der Waals surface area contributed by atoms with Crippen molar-refractivity contribution in [1.29, 1.82) is 5.26 Å². The molecular weight excluding hydrogens is 248 g/mol. The van der Waals surface area contributed by atoms with Crippen molar-refractivity contribution in [3.8, 4) is 6.07 Å². The molecule has 0 atom stereocenters. The molecule has 0 aliphatic carbocycles. The van der Waals surface area contributed by atoms with Crippen LogP contribution in [0.2, 0.25) is 0 Å². The summed E-state index contributed by atoms with van der Waals surface area (Å²) in [6, 6.07) is 1.71. The second-order valence-corrected chi connectivity index (χ2v) is 3.87. The Hall–Kier alpha value is -2.55. The maximum Gasteiger partial charge on any atom is 0.349 e. The normalized spacial score (nSPS) is 16.7. The Labute approximate surface area is 111 Å². The van der Waals surface area contributed by atoms with Crippen LogP contribution >= 0.6 is 0 Å². The molecule has 6 nitrogen and oxygen atoms in total.